The van der Waals surface area contributed by atoms with Gasteiger partial charge in [0.25, 0.3) is 0 Å². The zero-order valence-corrected chi connectivity index (χ0v) is 28.9. The molecule has 10 rings (SSSR count). The summed E-state index contributed by atoms with van der Waals surface area (Å²) in [7, 11) is 0. The van der Waals surface area contributed by atoms with E-state index in [2.05, 4.69) is 163 Å². The molecule has 0 bridgehead atoms. The maximum atomic E-state index is 5.18. The Labute approximate surface area is 309 Å². The summed E-state index contributed by atoms with van der Waals surface area (Å²) < 4.78 is 0. The molecule has 0 radical (unpaired) electrons. The van der Waals surface area contributed by atoms with Gasteiger partial charge in [-0.3, -0.25) is 4.98 Å². The molecule has 3 nitrogen and oxygen atoms in total. The number of nitrogens with zero attached hydrogens (tertiary/aromatic N) is 3. The predicted octanol–water partition coefficient (Wildman–Crippen LogP) is 12.1. The molecule has 0 saturated carbocycles. The van der Waals surface area contributed by atoms with Crippen molar-refractivity contribution in [2.24, 2.45) is 0 Å². The van der Waals surface area contributed by atoms with E-state index < -0.39 is 5.41 Å². The third kappa shape index (κ3) is 5.01. The molecule has 1 aliphatic carbocycles. The zero-order chi connectivity index (χ0) is 35.2. The molecule has 3 heteroatoms. The highest BCUT2D eigenvalue weighted by molar-refractivity contribution is 6.05. The lowest BCUT2D eigenvalue weighted by atomic mass is 9.67. The van der Waals surface area contributed by atoms with Crippen molar-refractivity contribution in [2.45, 2.75) is 5.41 Å². The topological polar surface area (TPSA) is 38.7 Å². The second kappa shape index (κ2) is 12.7. The summed E-state index contributed by atoms with van der Waals surface area (Å²) in [5.74, 6) is 0.694. The monoisotopic (exact) mass is 675 g/mol. The van der Waals surface area contributed by atoms with Crippen molar-refractivity contribution < 1.29 is 0 Å². The minimum Gasteiger partial charge on any atom is -0.265 e. The van der Waals surface area contributed by atoms with Crippen LogP contribution in [-0.2, 0) is 5.41 Å². The lowest BCUT2D eigenvalue weighted by Crippen LogP contribution is -2.28. The highest BCUT2D eigenvalue weighted by atomic mass is 14.9. The average molecular weight is 676 g/mol. The first kappa shape index (κ1) is 30.8. The van der Waals surface area contributed by atoms with E-state index in [9.17, 15) is 0 Å². The van der Waals surface area contributed by atoms with E-state index in [4.69, 9.17) is 9.97 Å². The Balaban J connectivity index is 1.19. The Morgan fingerprint density at radius 3 is 1.60 bits per heavy atom. The molecule has 7 aromatic carbocycles. The van der Waals surface area contributed by atoms with Crippen LogP contribution in [0.15, 0.2) is 200 Å². The lowest BCUT2D eigenvalue weighted by molar-refractivity contribution is 0.769. The van der Waals surface area contributed by atoms with Crippen LogP contribution in [-0.4, -0.2) is 15.0 Å². The molecule has 0 unspecified atom stereocenters. The molecule has 0 spiro atoms. The van der Waals surface area contributed by atoms with Crippen molar-refractivity contribution in [2.75, 3.05) is 0 Å². The summed E-state index contributed by atoms with van der Waals surface area (Å²) in [6.07, 6.45) is 3.62. The van der Waals surface area contributed by atoms with Gasteiger partial charge in [0.15, 0.2) is 5.82 Å². The van der Waals surface area contributed by atoms with Gasteiger partial charge in [-0.2, -0.15) is 0 Å². The molecule has 9 aromatic rings. The third-order valence-electron chi connectivity index (χ3n) is 10.7. The Bertz CT molecular complexity index is 2660. The van der Waals surface area contributed by atoms with Crippen molar-refractivity contribution in [3.8, 4) is 56.2 Å². The van der Waals surface area contributed by atoms with Gasteiger partial charge >= 0.3 is 0 Å². The smallest absolute Gasteiger partial charge is 0.160 e. The summed E-state index contributed by atoms with van der Waals surface area (Å²) >= 11 is 0. The van der Waals surface area contributed by atoms with Crippen molar-refractivity contribution in [3.05, 3.63) is 223 Å². The molecule has 0 amide bonds. The van der Waals surface area contributed by atoms with Crippen LogP contribution in [0.3, 0.4) is 0 Å². The number of aromatic nitrogens is 3. The van der Waals surface area contributed by atoms with Crippen molar-refractivity contribution >= 4 is 10.8 Å². The highest BCUT2D eigenvalue weighted by Gasteiger charge is 2.46. The molecule has 0 fully saturated rings. The Kier molecular flexibility index (Phi) is 7.36. The van der Waals surface area contributed by atoms with Gasteiger partial charge in [-0.1, -0.05) is 164 Å². The predicted molar refractivity (Wildman–Crippen MR) is 216 cm³/mol. The van der Waals surface area contributed by atoms with Crippen molar-refractivity contribution in [1.29, 1.82) is 0 Å². The van der Waals surface area contributed by atoms with Gasteiger partial charge in [-0.05, 0) is 79.5 Å². The SMILES string of the molecule is c1ccc(-c2nc(-c3ccncc3)cc(-c3ccc(-c4ccc5c(c4)C(c4ccccc4)(c4ccccc4)c4ccccc4-5)c4ccccc34)n2)cc1. The molecule has 2 aromatic heterocycles. The molecular formula is C50H33N3. The van der Waals surface area contributed by atoms with E-state index in [1.165, 1.54) is 49.9 Å². The Morgan fingerprint density at radius 1 is 0.340 bits per heavy atom. The quantitative estimate of drug-likeness (QED) is 0.176. The van der Waals surface area contributed by atoms with Crippen LogP contribution in [0.2, 0.25) is 0 Å². The largest absolute Gasteiger partial charge is 0.265 e. The highest BCUT2D eigenvalue weighted by Crippen LogP contribution is 2.56. The van der Waals surface area contributed by atoms with Crippen molar-refractivity contribution in [3.63, 3.8) is 0 Å². The number of benzene rings is 7. The lowest BCUT2D eigenvalue weighted by Gasteiger charge is -2.34. The summed E-state index contributed by atoms with van der Waals surface area (Å²) in [5.41, 5.74) is 14.4. The molecule has 0 N–H and O–H groups in total. The normalized spacial score (nSPS) is 12.7. The first-order valence-corrected chi connectivity index (χ1v) is 18.0. The molecule has 0 aliphatic heterocycles. The van der Waals surface area contributed by atoms with Gasteiger partial charge in [-0.25, -0.2) is 9.97 Å². The van der Waals surface area contributed by atoms with Crippen LogP contribution in [0.25, 0.3) is 66.9 Å². The van der Waals surface area contributed by atoms with E-state index in [1.54, 1.807) is 0 Å². The summed E-state index contributed by atoms with van der Waals surface area (Å²) in [6.45, 7) is 0. The second-order valence-electron chi connectivity index (χ2n) is 13.6. The Morgan fingerprint density at radius 2 is 0.887 bits per heavy atom. The molecule has 248 valence electrons. The van der Waals surface area contributed by atoms with Gasteiger partial charge in [0, 0.05) is 29.1 Å². The van der Waals surface area contributed by atoms with E-state index in [-0.39, 0.29) is 0 Å². The standard InChI is InChI=1S/C50H33N3/c1-4-14-35(15-5-1)49-52-47(34-28-30-51-31-29-34)33-48(53-49)44-27-26-39(40-20-10-11-21-41(40)44)36-24-25-43-42-22-12-13-23-45(42)50(46(43)32-36,37-16-6-2-7-17-37)38-18-8-3-9-19-38/h1-33H. The number of pyridine rings is 1. The van der Waals surface area contributed by atoms with Gasteiger partial charge in [0.2, 0.25) is 0 Å². The van der Waals surface area contributed by atoms with Crippen LogP contribution < -0.4 is 0 Å². The average Bonchev–Trinajstić information content (AvgIpc) is 3.55. The minimum atomic E-state index is -0.460. The maximum absolute atomic E-state index is 5.18. The third-order valence-corrected chi connectivity index (χ3v) is 10.7. The van der Waals surface area contributed by atoms with Crippen LogP contribution in [0.5, 0.6) is 0 Å². The van der Waals surface area contributed by atoms with Crippen LogP contribution in [0.4, 0.5) is 0 Å². The number of fused-ring (bicyclic) bond motifs is 4. The minimum absolute atomic E-state index is 0.460. The van der Waals surface area contributed by atoms with Crippen LogP contribution >= 0.6 is 0 Å². The Hall–Kier alpha value is -6.97. The van der Waals surface area contributed by atoms with Gasteiger partial charge < -0.3 is 0 Å². The fourth-order valence-corrected chi connectivity index (χ4v) is 8.36. The fourth-order valence-electron chi connectivity index (χ4n) is 8.36. The first-order chi connectivity index (χ1) is 26.3. The van der Waals surface area contributed by atoms with E-state index in [0.717, 1.165) is 33.5 Å². The van der Waals surface area contributed by atoms with E-state index >= 15 is 0 Å². The first-order valence-electron chi connectivity index (χ1n) is 18.0. The van der Waals surface area contributed by atoms with Gasteiger partial charge in [0.1, 0.15) is 0 Å². The molecular weight excluding hydrogens is 643 g/mol. The fraction of sp³-hybridized carbons (Fsp3) is 0.0200. The van der Waals surface area contributed by atoms with E-state index in [0.29, 0.717) is 5.82 Å². The second-order valence-corrected chi connectivity index (χ2v) is 13.6. The number of hydrogen-bond donors (Lipinski definition) is 0. The van der Waals surface area contributed by atoms with Crippen molar-refractivity contribution in [1.82, 2.24) is 15.0 Å². The van der Waals surface area contributed by atoms with Gasteiger partial charge in [0.05, 0.1) is 16.8 Å². The molecule has 2 heterocycles. The summed E-state index contributed by atoms with van der Waals surface area (Å²) in [4.78, 5) is 14.4. The van der Waals surface area contributed by atoms with Crippen LogP contribution in [0, 0.1) is 0 Å². The van der Waals surface area contributed by atoms with Gasteiger partial charge in [-0.15, -0.1) is 0 Å². The molecule has 0 atom stereocenters. The zero-order valence-electron chi connectivity index (χ0n) is 28.9. The molecule has 0 saturated heterocycles. The van der Waals surface area contributed by atoms with Crippen LogP contribution in [0.1, 0.15) is 22.3 Å². The summed E-state index contributed by atoms with van der Waals surface area (Å²) in [6, 6.07) is 67.5. The number of hydrogen-bond acceptors (Lipinski definition) is 3. The number of rotatable bonds is 6. The summed E-state index contributed by atoms with van der Waals surface area (Å²) in [5, 5.41) is 2.32. The molecule has 53 heavy (non-hydrogen) atoms. The van der Waals surface area contributed by atoms with E-state index in [1.807, 2.05) is 42.7 Å². The maximum Gasteiger partial charge on any atom is 0.160 e. The molecule has 1 aliphatic rings.